The van der Waals surface area contributed by atoms with Crippen LogP contribution < -0.4 is 4.74 Å². The van der Waals surface area contributed by atoms with E-state index in [0.29, 0.717) is 0 Å². The zero-order valence-electron chi connectivity index (χ0n) is 12.9. The van der Waals surface area contributed by atoms with Crippen LogP contribution in [0.15, 0.2) is 12.3 Å². The number of hydrogen-bond acceptors (Lipinski definition) is 4. The molecule has 0 aliphatic heterocycles. The average molecular weight is 322 g/mol. The number of nitrogens with zero attached hydrogens (tertiary/aromatic N) is 2. The number of rotatable bonds is 6. The predicted octanol–water partition coefficient (Wildman–Crippen LogP) is 3.26. The number of aliphatic hydroxyl groups excluding tert-OH is 1. The Morgan fingerprint density at radius 1 is 1.36 bits per heavy atom. The first-order valence-electron chi connectivity index (χ1n) is 7.13. The van der Waals surface area contributed by atoms with Gasteiger partial charge in [-0.1, -0.05) is 0 Å². The van der Waals surface area contributed by atoms with E-state index >= 15 is 0 Å². The number of aliphatic hydroxyl groups is 1. The monoisotopic (exact) mass is 322 g/mol. The first-order valence-corrected chi connectivity index (χ1v) is 7.13. The maximum absolute atomic E-state index is 12.8. The lowest BCUT2D eigenvalue weighted by Gasteiger charge is -2.23. The first kappa shape index (κ1) is 17.1. The summed E-state index contributed by atoms with van der Waals surface area (Å²) in [5.41, 5.74) is -2.14. The fraction of sp³-hybridized carbons (Fsp3) is 0.786. The molecule has 1 unspecified atom stereocenters. The molecule has 0 amide bonds. The second-order valence-electron chi connectivity index (χ2n) is 6.57. The molecule has 1 fully saturated rings. The van der Waals surface area contributed by atoms with Crippen molar-refractivity contribution in [1.82, 2.24) is 9.78 Å². The lowest BCUT2D eigenvalue weighted by molar-refractivity contribution is -0.215. The molecule has 0 saturated heterocycles. The van der Waals surface area contributed by atoms with E-state index < -0.39 is 23.6 Å². The summed E-state index contributed by atoms with van der Waals surface area (Å²) in [5, 5.41) is 13.7. The minimum Gasteiger partial charge on any atom is -0.477 e. The van der Waals surface area contributed by atoms with Crippen molar-refractivity contribution < 1.29 is 27.8 Å². The quantitative estimate of drug-likeness (QED) is 0.817. The zero-order chi connectivity index (χ0) is 16.6. The molecule has 1 N–H and O–H groups in total. The van der Waals surface area contributed by atoms with Gasteiger partial charge in [0.2, 0.25) is 5.88 Å². The van der Waals surface area contributed by atoms with Crippen molar-refractivity contribution >= 4 is 0 Å². The van der Waals surface area contributed by atoms with Gasteiger partial charge < -0.3 is 14.6 Å². The molecule has 8 heteroatoms. The highest BCUT2D eigenvalue weighted by atomic mass is 19.4. The number of halogens is 3. The molecule has 0 spiro atoms. The van der Waals surface area contributed by atoms with Crippen molar-refractivity contribution in [1.29, 1.82) is 0 Å². The molecule has 0 radical (unpaired) electrons. The minimum atomic E-state index is -4.17. The van der Waals surface area contributed by atoms with Gasteiger partial charge in [0.1, 0.15) is 0 Å². The van der Waals surface area contributed by atoms with Crippen LogP contribution in [-0.4, -0.2) is 33.3 Å². The Morgan fingerprint density at radius 2 is 2.00 bits per heavy atom. The molecular formula is C14H21F3N2O3. The number of alkyl halides is 3. The van der Waals surface area contributed by atoms with E-state index in [4.69, 9.17) is 9.47 Å². The topological polar surface area (TPSA) is 56.5 Å². The molecule has 1 aromatic rings. The first-order chi connectivity index (χ1) is 10.0. The summed E-state index contributed by atoms with van der Waals surface area (Å²) in [5.74, 6) is 0.162. The molecule has 1 aliphatic rings. The van der Waals surface area contributed by atoms with Gasteiger partial charge in [-0.2, -0.15) is 13.2 Å². The Bertz CT molecular complexity index is 504. The van der Waals surface area contributed by atoms with Gasteiger partial charge in [0.25, 0.3) is 6.41 Å². The fourth-order valence-electron chi connectivity index (χ4n) is 2.07. The highest BCUT2D eigenvalue weighted by molar-refractivity contribution is 5.06. The van der Waals surface area contributed by atoms with E-state index in [9.17, 15) is 18.3 Å². The molecule has 1 aliphatic carbocycles. The van der Waals surface area contributed by atoms with Crippen molar-refractivity contribution in [2.45, 2.75) is 58.2 Å². The van der Waals surface area contributed by atoms with Crippen LogP contribution >= 0.6 is 0 Å². The second kappa shape index (κ2) is 5.73. The van der Waals surface area contributed by atoms with Crippen LogP contribution in [0.3, 0.4) is 0 Å². The zero-order valence-corrected chi connectivity index (χ0v) is 12.9. The maximum Gasteiger partial charge on any atom is 0.394 e. The molecule has 0 aromatic carbocycles. The maximum atomic E-state index is 12.8. The van der Waals surface area contributed by atoms with Gasteiger partial charge >= 0.3 is 6.18 Å². The van der Waals surface area contributed by atoms with Crippen LogP contribution in [0.2, 0.25) is 0 Å². The molecule has 1 heterocycles. The van der Waals surface area contributed by atoms with Crippen molar-refractivity contribution in [3.8, 4) is 5.88 Å². The summed E-state index contributed by atoms with van der Waals surface area (Å²) in [6.45, 7) is 5.28. The Balaban J connectivity index is 1.83. The minimum absolute atomic E-state index is 0.0628. The predicted molar refractivity (Wildman–Crippen MR) is 72.2 cm³/mol. The second-order valence-corrected chi connectivity index (χ2v) is 6.57. The van der Waals surface area contributed by atoms with Gasteiger partial charge in [0, 0.05) is 12.3 Å². The third-order valence-electron chi connectivity index (χ3n) is 3.55. The summed E-state index contributed by atoms with van der Waals surface area (Å²) in [6, 6.07) is 1.47. The van der Waals surface area contributed by atoms with E-state index in [-0.39, 0.29) is 31.7 Å². The van der Waals surface area contributed by atoms with Crippen molar-refractivity contribution in [3.63, 3.8) is 0 Å². The van der Waals surface area contributed by atoms with Crippen molar-refractivity contribution in [2.24, 2.45) is 5.41 Å². The van der Waals surface area contributed by atoms with E-state index in [1.54, 1.807) is 20.8 Å². The molecule has 1 aromatic heterocycles. The van der Waals surface area contributed by atoms with Gasteiger partial charge in [-0.3, -0.25) is 0 Å². The molecule has 1 atom stereocenters. The molecule has 5 nitrogen and oxygen atoms in total. The number of hydrogen-bond donors (Lipinski definition) is 1. The van der Waals surface area contributed by atoms with Crippen LogP contribution in [-0.2, 0) is 4.74 Å². The van der Waals surface area contributed by atoms with Crippen molar-refractivity contribution in [3.05, 3.63) is 12.3 Å². The summed E-state index contributed by atoms with van der Waals surface area (Å²) in [6.07, 6.45) is -3.76. The van der Waals surface area contributed by atoms with Crippen LogP contribution in [0.4, 0.5) is 13.2 Å². The van der Waals surface area contributed by atoms with E-state index in [0.717, 1.165) is 4.68 Å². The summed E-state index contributed by atoms with van der Waals surface area (Å²) < 4.78 is 50.0. The van der Waals surface area contributed by atoms with E-state index in [2.05, 4.69) is 5.10 Å². The SMILES string of the molecule is CC(C)(C)OC(O)n1ccc(OCCC2(C(F)(F)F)CC2)n1. The van der Waals surface area contributed by atoms with Gasteiger partial charge in [-0.25, -0.2) is 4.68 Å². The molecule has 22 heavy (non-hydrogen) atoms. The number of ether oxygens (including phenoxy) is 2. The Hall–Kier alpha value is -1.28. The lowest BCUT2D eigenvalue weighted by Crippen LogP contribution is -2.26. The normalized spacial score (nSPS) is 19.0. The van der Waals surface area contributed by atoms with Crippen LogP contribution in [0.25, 0.3) is 0 Å². The summed E-state index contributed by atoms with van der Waals surface area (Å²) >= 11 is 0. The van der Waals surface area contributed by atoms with E-state index in [1.165, 1.54) is 12.3 Å². The van der Waals surface area contributed by atoms with Crippen LogP contribution in [0.1, 0.15) is 46.4 Å². The van der Waals surface area contributed by atoms with Gasteiger partial charge in [0.15, 0.2) is 0 Å². The van der Waals surface area contributed by atoms with Crippen LogP contribution in [0, 0.1) is 5.41 Å². The van der Waals surface area contributed by atoms with Gasteiger partial charge in [-0.15, -0.1) is 5.10 Å². The highest BCUT2D eigenvalue weighted by Gasteiger charge is 2.62. The van der Waals surface area contributed by atoms with Gasteiger partial charge in [0.05, 0.1) is 17.6 Å². The Labute approximate surface area is 127 Å². The molecule has 126 valence electrons. The summed E-state index contributed by atoms with van der Waals surface area (Å²) in [7, 11) is 0. The van der Waals surface area contributed by atoms with Crippen molar-refractivity contribution in [2.75, 3.05) is 6.61 Å². The largest absolute Gasteiger partial charge is 0.477 e. The third kappa shape index (κ3) is 4.13. The van der Waals surface area contributed by atoms with Crippen LogP contribution in [0.5, 0.6) is 5.88 Å². The Kier molecular flexibility index (Phi) is 4.45. The summed E-state index contributed by atoms with van der Waals surface area (Å²) in [4.78, 5) is 0. The molecular weight excluding hydrogens is 301 g/mol. The molecule has 2 rings (SSSR count). The molecule has 0 bridgehead atoms. The molecule has 1 saturated carbocycles. The Morgan fingerprint density at radius 3 is 2.50 bits per heavy atom. The lowest BCUT2D eigenvalue weighted by atomic mass is 10.0. The fourth-order valence-corrected chi connectivity index (χ4v) is 2.07. The van der Waals surface area contributed by atoms with E-state index in [1.807, 2.05) is 0 Å². The number of aromatic nitrogens is 2. The van der Waals surface area contributed by atoms with Gasteiger partial charge in [-0.05, 0) is 40.0 Å². The highest BCUT2D eigenvalue weighted by Crippen LogP contribution is 2.59. The third-order valence-corrected chi connectivity index (χ3v) is 3.55. The average Bonchev–Trinajstić information content (AvgIpc) is 2.98. The standard InChI is InChI=1S/C14H21F3N2O3/c1-12(2,3)22-11(20)19-8-4-10(18-19)21-9-7-13(5-6-13)14(15,16)17/h4,8,11,20H,5-7,9H2,1-3H3. The smallest absolute Gasteiger partial charge is 0.394 e.